The highest BCUT2D eigenvalue weighted by molar-refractivity contribution is 5.80. The van der Waals surface area contributed by atoms with E-state index in [1.807, 2.05) is 0 Å². The highest BCUT2D eigenvalue weighted by Gasteiger charge is 2.22. The zero-order valence-corrected chi connectivity index (χ0v) is 15.9. The number of carbonyl (C=O) groups excluding carboxylic acids is 1. The Morgan fingerprint density at radius 3 is 2.68 bits per heavy atom. The van der Waals surface area contributed by atoms with Crippen molar-refractivity contribution in [2.75, 3.05) is 49.9 Å². The van der Waals surface area contributed by atoms with E-state index < -0.39 is 4.92 Å². The molecule has 0 spiro atoms. The fourth-order valence-electron chi connectivity index (χ4n) is 3.54. The maximum absolute atomic E-state index is 12.2. The van der Waals surface area contributed by atoms with E-state index in [0.29, 0.717) is 25.6 Å². The summed E-state index contributed by atoms with van der Waals surface area (Å²) in [5, 5.41) is 20.4. The van der Waals surface area contributed by atoms with Crippen molar-refractivity contribution in [3.05, 3.63) is 16.3 Å². The average Bonchev–Trinajstić information content (AvgIpc) is 2.72. The number of nitro groups is 1. The summed E-state index contributed by atoms with van der Waals surface area (Å²) >= 11 is 0. The van der Waals surface area contributed by atoms with Crippen LogP contribution in [-0.4, -0.2) is 71.0 Å². The van der Waals surface area contributed by atoms with E-state index in [2.05, 4.69) is 25.9 Å². The van der Waals surface area contributed by atoms with E-state index in [0.717, 1.165) is 38.8 Å². The van der Waals surface area contributed by atoms with Gasteiger partial charge in [-0.05, 0) is 31.6 Å². The van der Waals surface area contributed by atoms with Gasteiger partial charge in [-0.3, -0.25) is 14.9 Å². The molecule has 0 bridgehead atoms. The second-order valence-corrected chi connectivity index (χ2v) is 7.33. The van der Waals surface area contributed by atoms with Gasteiger partial charge in [0.1, 0.15) is 6.20 Å². The minimum absolute atomic E-state index is 0.0449. The van der Waals surface area contributed by atoms with Crippen molar-refractivity contribution in [1.29, 1.82) is 0 Å². The lowest BCUT2D eigenvalue weighted by Gasteiger charge is -2.27. The summed E-state index contributed by atoms with van der Waals surface area (Å²) in [6, 6.07) is 0.258. The van der Waals surface area contributed by atoms with Crippen LogP contribution < -0.4 is 21.7 Å². The van der Waals surface area contributed by atoms with E-state index in [-0.39, 0.29) is 35.9 Å². The van der Waals surface area contributed by atoms with Gasteiger partial charge in [-0.1, -0.05) is 0 Å². The third kappa shape index (κ3) is 5.49. The molecular formula is C17H28N8O3. The van der Waals surface area contributed by atoms with Crippen molar-refractivity contribution in [3.63, 3.8) is 0 Å². The molecule has 2 heterocycles. The van der Waals surface area contributed by atoms with Gasteiger partial charge in [-0.2, -0.15) is 4.98 Å². The number of amides is 1. The Labute approximate surface area is 163 Å². The van der Waals surface area contributed by atoms with Gasteiger partial charge >= 0.3 is 5.69 Å². The normalized spacial score (nSPS) is 22.5. The smallest absolute Gasteiger partial charge is 0.329 e. The summed E-state index contributed by atoms with van der Waals surface area (Å²) in [7, 11) is 0. The number of rotatable bonds is 7. The maximum atomic E-state index is 12.2. The number of nitrogens with zero attached hydrogens (tertiary/aromatic N) is 4. The first-order valence-electron chi connectivity index (χ1n) is 9.76. The highest BCUT2D eigenvalue weighted by atomic mass is 16.6. The summed E-state index contributed by atoms with van der Waals surface area (Å²) in [6.07, 6.45) is 5.11. The Bertz CT molecular complexity index is 687. The molecule has 0 aromatic carbocycles. The van der Waals surface area contributed by atoms with Crippen LogP contribution in [0.15, 0.2) is 6.20 Å². The minimum atomic E-state index is -0.505. The number of aromatic nitrogens is 2. The standard InChI is InChI=1S/C17H28N8O3/c18-13-3-1-12(2-4-13)9-20-16-14(25(27)28)10-21-17(23-16)22-11-15(26)24-7-5-19-6-8-24/h10,12-13,19H,1-9,11,18H2,(H2,20,21,22,23). The quantitative estimate of drug-likeness (QED) is 0.375. The SMILES string of the molecule is NC1CCC(CNc2nc(NCC(=O)N3CCNCC3)ncc2[N+](=O)[O-])CC1. The van der Waals surface area contributed by atoms with Crippen molar-refractivity contribution < 1.29 is 9.72 Å². The van der Waals surface area contributed by atoms with Gasteiger partial charge in [0.05, 0.1) is 11.5 Å². The molecule has 154 valence electrons. The first-order chi connectivity index (χ1) is 13.5. The molecule has 1 aromatic heterocycles. The van der Waals surface area contributed by atoms with Gasteiger partial charge in [0.2, 0.25) is 17.7 Å². The number of anilines is 2. The molecule has 0 atom stereocenters. The van der Waals surface area contributed by atoms with Gasteiger partial charge in [-0.25, -0.2) is 4.98 Å². The Morgan fingerprint density at radius 2 is 2.00 bits per heavy atom. The van der Waals surface area contributed by atoms with Crippen molar-refractivity contribution in [2.24, 2.45) is 11.7 Å². The third-order valence-corrected chi connectivity index (χ3v) is 5.28. The predicted molar refractivity (Wildman–Crippen MR) is 105 cm³/mol. The average molecular weight is 392 g/mol. The van der Waals surface area contributed by atoms with E-state index in [1.165, 1.54) is 6.20 Å². The van der Waals surface area contributed by atoms with E-state index in [4.69, 9.17) is 5.73 Å². The predicted octanol–water partition coefficient (Wildman–Crippen LogP) is 0.158. The summed E-state index contributed by atoms with van der Waals surface area (Å²) < 4.78 is 0. The molecule has 1 aliphatic carbocycles. The van der Waals surface area contributed by atoms with Crippen LogP contribution in [0.25, 0.3) is 0 Å². The summed E-state index contributed by atoms with van der Waals surface area (Å²) in [4.78, 5) is 33.0. The molecule has 2 aliphatic rings. The molecule has 1 saturated heterocycles. The van der Waals surface area contributed by atoms with Crippen LogP contribution in [0.1, 0.15) is 25.7 Å². The second-order valence-electron chi connectivity index (χ2n) is 7.33. The molecule has 1 aliphatic heterocycles. The molecular weight excluding hydrogens is 364 g/mol. The molecule has 3 rings (SSSR count). The van der Waals surface area contributed by atoms with Gasteiger partial charge in [0.15, 0.2) is 0 Å². The third-order valence-electron chi connectivity index (χ3n) is 5.28. The number of hydrogen-bond acceptors (Lipinski definition) is 9. The molecule has 1 amide bonds. The highest BCUT2D eigenvalue weighted by Crippen LogP contribution is 2.26. The molecule has 2 fully saturated rings. The van der Waals surface area contributed by atoms with Crippen LogP contribution in [0.3, 0.4) is 0 Å². The van der Waals surface area contributed by atoms with E-state index in [1.54, 1.807) is 4.90 Å². The molecule has 11 nitrogen and oxygen atoms in total. The number of nitrogens with one attached hydrogen (secondary N) is 3. The van der Waals surface area contributed by atoms with Crippen LogP contribution in [0.2, 0.25) is 0 Å². The molecule has 0 radical (unpaired) electrons. The molecule has 5 N–H and O–H groups in total. The van der Waals surface area contributed by atoms with Crippen LogP contribution in [0.4, 0.5) is 17.5 Å². The first kappa shape index (κ1) is 20.2. The Hall–Kier alpha value is -2.53. The van der Waals surface area contributed by atoms with E-state index >= 15 is 0 Å². The monoisotopic (exact) mass is 392 g/mol. The second kappa shape index (κ2) is 9.60. The fourth-order valence-corrected chi connectivity index (χ4v) is 3.54. The van der Waals surface area contributed by atoms with Crippen LogP contribution in [0, 0.1) is 16.0 Å². The summed E-state index contributed by atoms with van der Waals surface area (Å²) in [5.41, 5.74) is 5.75. The fraction of sp³-hybridized carbons (Fsp3) is 0.706. The molecule has 1 aromatic rings. The van der Waals surface area contributed by atoms with E-state index in [9.17, 15) is 14.9 Å². The Morgan fingerprint density at radius 1 is 1.29 bits per heavy atom. The van der Waals surface area contributed by atoms with Crippen LogP contribution in [-0.2, 0) is 4.79 Å². The topological polar surface area (TPSA) is 151 Å². The zero-order chi connectivity index (χ0) is 19.9. The van der Waals surface area contributed by atoms with Gasteiger partial charge in [-0.15, -0.1) is 0 Å². The Balaban J connectivity index is 1.58. The van der Waals surface area contributed by atoms with Crippen LogP contribution >= 0.6 is 0 Å². The number of piperazine rings is 1. The lowest BCUT2D eigenvalue weighted by atomic mass is 9.86. The van der Waals surface area contributed by atoms with Crippen molar-refractivity contribution in [1.82, 2.24) is 20.2 Å². The van der Waals surface area contributed by atoms with Crippen LogP contribution in [0.5, 0.6) is 0 Å². The summed E-state index contributed by atoms with van der Waals surface area (Å²) in [5.74, 6) is 0.741. The lowest BCUT2D eigenvalue weighted by Crippen LogP contribution is -2.48. The largest absolute Gasteiger partial charge is 0.364 e. The lowest BCUT2D eigenvalue weighted by molar-refractivity contribution is -0.384. The van der Waals surface area contributed by atoms with Gasteiger partial charge < -0.3 is 26.6 Å². The first-order valence-corrected chi connectivity index (χ1v) is 9.76. The number of nitrogens with two attached hydrogens (primary N) is 1. The molecule has 1 saturated carbocycles. The number of carbonyl (C=O) groups is 1. The Kier molecular flexibility index (Phi) is 6.93. The van der Waals surface area contributed by atoms with Crippen molar-refractivity contribution in [2.45, 2.75) is 31.7 Å². The van der Waals surface area contributed by atoms with Crippen molar-refractivity contribution >= 4 is 23.4 Å². The maximum Gasteiger partial charge on any atom is 0.329 e. The van der Waals surface area contributed by atoms with Gasteiger partial charge in [0, 0.05) is 38.8 Å². The minimum Gasteiger partial charge on any atom is -0.364 e. The molecule has 28 heavy (non-hydrogen) atoms. The van der Waals surface area contributed by atoms with Gasteiger partial charge in [0.25, 0.3) is 0 Å². The summed E-state index contributed by atoms with van der Waals surface area (Å²) in [6.45, 7) is 3.54. The number of hydrogen-bond donors (Lipinski definition) is 4. The zero-order valence-electron chi connectivity index (χ0n) is 15.9. The van der Waals surface area contributed by atoms with Crippen molar-refractivity contribution in [3.8, 4) is 0 Å². The molecule has 0 unspecified atom stereocenters. The molecule has 11 heteroatoms.